The SMILES string of the molecule is COC(=O)/C(=N/O)c1cc(Br)ccn1. The van der Waals surface area contributed by atoms with Gasteiger partial charge in [0.25, 0.3) is 0 Å². The van der Waals surface area contributed by atoms with Gasteiger partial charge in [-0.3, -0.25) is 4.98 Å². The predicted octanol–water partition coefficient (Wildman–Crippen LogP) is 1.20. The fraction of sp³-hybridized carbons (Fsp3) is 0.125. The second-order valence-electron chi connectivity index (χ2n) is 2.30. The van der Waals surface area contributed by atoms with Crippen LogP contribution >= 0.6 is 15.9 Å². The number of methoxy groups -OCH3 is 1. The molecule has 0 aliphatic heterocycles. The Hall–Kier alpha value is -1.43. The van der Waals surface area contributed by atoms with E-state index in [0.717, 1.165) is 4.47 Å². The van der Waals surface area contributed by atoms with Crippen molar-refractivity contribution in [3.63, 3.8) is 0 Å². The lowest BCUT2D eigenvalue weighted by Crippen LogP contribution is -2.18. The van der Waals surface area contributed by atoms with Gasteiger partial charge in [-0.2, -0.15) is 0 Å². The molecule has 14 heavy (non-hydrogen) atoms. The highest BCUT2D eigenvalue weighted by atomic mass is 79.9. The molecule has 0 radical (unpaired) electrons. The lowest BCUT2D eigenvalue weighted by atomic mass is 10.2. The van der Waals surface area contributed by atoms with Gasteiger partial charge in [0.15, 0.2) is 0 Å². The molecule has 1 aromatic rings. The Labute approximate surface area is 88.5 Å². The lowest BCUT2D eigenvalue weighted by molar-refractivity contribution is -0.132. The van der Waals surface area contributed by atoms with Crippen molar-refractivity contribution in [2.24, 2.45) is 5.16 Å². The van der Waals surface area contributed by atoms with E-state index in [0.29, 0.717) is 0 Å². The molecule has 1 rings (SSSR count). The minimum Gasteiger partial charge on any atom is -0.464 e. The van der Waals surface area contributed by atoms with Crippen molar-refractivity contribution in [2.75, 3.05) is 7.11 Å². The summed E-state index contributed by atoms with van der Waals surface area (Å²) in [5.74, 6) is -0.738. The maximum Gasteiger partial charge on any atom is 0.362 e. The highest BCUT2D eigenvalue weighted by Crippen LogP contribution is 2.10. The van der Waals surface area contributed by atoms with E-state index in [-0.39, 0.29) is 11.4 Å². The molecule has 5 nitrogen and oxygen atoms in total. The third kappa shape index (κ3) is 2.29. The van der Waals surface area contributed by atoms with E-state index in [1.807, 2.05) is 0 Å². The van der Waals surface area contributed by atoms with Gasteiger partial charge in [-0.25, -0.2) is 4.79 Å². The highest BCUT2D eigenvalue weighted by molar-refractivity contribution is 9.10. The van der Waals surface area contributed by atoms with Gasteiger partial charge in [-0.15, -0.1) is 0 Å². The van der Waals surface area contributed by atoms with Crippen LogP contribution in [-0.4, -0.2) is 29.0 Å². The first-order valence-corrected chi connectivity index (χ1v) is 4.40. The van der Waals surface area contributed by atoms with Crippen LogP contribution in [0, 0.1) is 0 Å². The van der Waals surface area contributed by atoms with Crippen molar-refractivity contribution in [1.29, 1.82) is 0 Å². The summed E-state index contributed by atoms with van der Waals surface area (Å²) < 4.78 is 5.14. The van der Waals surface area contributed by atoms with E-state index in [9.17, 15) is 4.79 Å². The number of esters is 1. The highest BCUT2D eigenvalue weighted by Gasteiger charge is 2.16. The van der Waals surface area contributed by atoms with Crippen molar-refractivity contribution >= 4 is 27.6 Å². The first-order chi connectivity index (χ1) is 6.69. The van der Waals surface area contributed by atoms with Gasteiger partial charge >= 0.3 is 5.97 Å². The van der Waals surface area contributed by atoms with Crippen LogP contribution in [0.2, 0.25) is 0 Å². The number of oxime groups is 1. The zero-order valence-electron chi connectivity index (χ0n) is 7.27. The number of carbonyl (C=O) groups excluding carboxylic acids is 1. The van der Waals surface area contributed by atoms with Crippen molar-refractivity contribution in [3.05, 3.63) is 28.5 Å². The van der Waals surface area contributed by atoms with Crippen LogP contribution in [0.5, 0.6) is 0 Å². The average molecular weight is 259 g/mol. The molecule has 1 N–H and O–H groups in total. The molecule has 0 spiro atoms. The first-order valence-electron chi connectivity index (χ1n) is 3.61. The molecular weight excluding hydrogens is 252 g/mol. The fourth-order valence-corrected chi connectivity index (χ4v) is 1.16. The van der Waals surface area contributed by atoms with E-state index in [2.05, 4.69) is 30.8 Å². The number of nitrogens with zero attached hydrogens (tertiary/aromatic N) is 2. The zero-order valence-corrected chi connectivity index (χ0v) is 8.85. The molecule has 1 heterocycles. The average Bonchev–Trinajstić information content (AvgIpc) is 2.19. The molecule has 6 heteroatoms. The molecular formula is C8H7BrN2O3. The van der Waals surface area contributed by atoms with Crippen LogP contribution in [0.3, 0.4) is 0 Å². The topological polar surface area (TPSA) is 71.8 Å². The quantitative estimate of drug-likeness (QED) is 0.375. The van der Waals surface area contributed by atoms with E-state index >= 15 is 0 Å². The van der Waals surface area contributed by atoms with Crippen LogP contribution in [0.1, 0.15) is 5.69 Å². The van der Waals surface area contributed by atoms with Crippen LogP contribution < -0.4 is 0 Å². The predicted molar refractivity (Wildman–Crippen MR) is 52.3 cm³/mol. The smallest absolute Gasteiger partial charge is 0.362 e. The molecule has 0 aliphatic rings. The Morgan fingerprint density at radius 1 is 1.71 bits per heavy atom. The Morgan fingerprint density at radius 2 is 2.43 bits per heavy atom. The third-order valence-electron chi connectivity index (χ3n) is 1.44. The molecule has 74 valence electrons. The molecule has 0 aromatic carbocycles. The standard InChI is InChI=1S/C8H7BrN2O3/c1-14-8(12)7(11-13)6-4-5(9)2-3-10-6/h2-4,13H,1H3/b11-7+. The molecule has 0 amide bonds. The number of rotatable bonds is 2. The van der Waals surface area contributed by atoms with Crippen LogP contribution in [-0.2, 0) is 9.53 Å². The molecule has 0 atom stereocenters. The van der Waals surface area contributed by atoms with Crippen molar-refractivity contribution in [2.45, 2.75) is 0 Å². The number of pyridine rings is 1. The monoisotopic (exact) mass is 258 g/mol. The van der Waals surface area contributed by atoms with Crippen LogP contribution in [0.25, 0.3) is 0 Å². The zero-order chi connectivity index (χ0) is 10.6. The Kier molecular flexibility index (Phi) is 3.58. The van der Waals surface area contributed by atoms with Crippen LogP contribution in [0.15, 0.2) is 28.0 Å². The molecule has 0 aliphatic carbocycles. The summed E-state index contributed by atoms with van der Waals surface area (Å²) in [6.07, 6.45) is 1.48. The molecule has 0 bridgehead atoms. The van der Waals surface area contributed by atoms with E-state index < -0.39 is 5.97 Å². The van der Waals surface area contributed by atoms with Crippen molar-refractivity contribution in [1.82, 2.24) is 4.98 Å². The second kappa shape index (κ2) is 4.71. The maximum absolute atomic E-state index is 11.1. The minimum atomic E-state index is -0.738. The molecule has 1 aromatic heterocycles. The number of hydrogen-bond acceptors (Lipinski definition) is 5. The number of ether oxygens (including phenoxy) is 1. The largest absolute Gasteiger partial charge is 0.464 e. The number of halogens is 1. The van der Waals surface area contributed by atoms with E-state index in [4.69, 9.17) is 5.21 Å². The number of hydrogen-bond donors (Lipinski definition) is 1. The number of carbonyl (C=O) groups is 1. The van der Waals surface area contributed by atoms with Gasteiger partial charge in [0.05, 0.1) is 7.11 Å². The van der Waals surface area contributed by atoms with Gasteiger partial charge in [0.1, 0.15) is 5.69 Å². The van der Waals surface area contributed by atoms with Crippen molar-refractivity contribution in [3.8, 4) is 0 Å². The Morgan fingerprint density at radius 3 is 2.93 bits per heavy atom. The second-order valence-corrected chi connectivity index (χ2v) is 3.22. The summed E-state index contributed by atoms with van der Waals surface area (Å²) in [7, 11) is 1.20. The Bertz CT molecular complexity index is 379. The Balaban J connectivity index is 3.08. The summed E-state index contributed by atoms with van der Waals surface area (Å²) in [4.78, 5) is 14.9. The molecule has 0 unspecified atom stereocenters. The van der Waals surface area contributed by atoms with Gasteiger partial charge in [0, 0.05) is 10.7 Å². The summed E-state index contributed by atoms with van der Waals surface area (Å²) in [5, 5.41) is 11.4. The molecule has 0 fully saturated rings. The van der Waals surface area contributed by atoms with Gasteiger partial charge in [-0.05, 0) is 12.1 Å². The summed E-state index contributed by atoms with van der Waals surface area (Å²) in [5.41, 5.74) is 0.0162. The van der Waals surface area contributed by atoms with Gasteiger partial charge < -0.3 is 9.94 Å². The first kappa shape index (κ1) is 10.6. The minimum absolute atomic E-state index is 0.228. The van der Waals surface area contributed by atoms with Crippen LogP contribution in [0.4, 0.5) is 0 Å². The summed E-state index contributed by atoms with van der Waals surface area (Å²) in [6.45, 7) is 0. The van der Waals surface area contributed by atoms with Crippen molar-refractivity contribution < 1.29 is 14.7 Å². The van der Waals surface area contributed by atoms with E-state index in [1.165, 1.54) is 13.3 Å². The lowest BCUT2D eigenvalue weighted by Gasteiger charge is -2.01. The van der Waals surface area contributed by atoms with Gasteiger partial charge in [-0.1, -0.05) is 21.1 Å². The normalized spacial score (nSPS) is 11.1. The van der Waals surface area contributed by atoms with Gasteiger partial charge in [0.2, 0.25) is 5.71 Å². The summed E-state index contributed by atoms with van der Waals surface area (Å²) in [6, 6.07) is 3.24. The van der Waals surface area contributed by atoms with E-state index in [1.54, 1.807) is 12.1 Å². The molecule has 0 saturated heterocycles. The summed E-state index contributed by atoms with van der Waals surface area (Å²) >= 11 is 3.20. The number of aromatic nitrogens is 1. The molecule has 0 saturated carbocycles. The fourth-order valence-electron chi connectivity index (χ4n) is 0.828. The third-order valence-corrected chi connectivity index (χ3v) is 1.94. The maximum atomic E-state index is 11.1.